The minimum Gasteiger partial charge on any atom is -0.501 e. The quantitative estimate of drug-likeness (QED) is 0.517. The molecule has 0 heterocycles. The first-order valence-electron chi connectivity index (χ1n) is 8.50. The molecule has 1 saturated carbocycles. The van der Waals surface area contributed by atoms with Crippen molar-refractivity contribution >= 4 is 0 Å². The topological polar surface area (TPSA) is 18.5 Å². The zero-order valence-electron chi connectivity index (χ0n) is 14.0. The Kier molecular flexibility index (Phi) is 4.90. The summed E-state index contributed by atoms with van der Waals surface area (Å²) in [6, 6.07) is 10.9. The van der Waals surface area contributed by atoms with Crippen LogP contribution in [0.5, 0.6) is 0 Å². The summed E-state index contributed by atoms with van der Waals surface area (Å²) in [6.45, 7) is 5.36. The standard InChI is InChI=1S/C21H26O2/c1-3-12-22-15-21(16-23-13-4-2)19-11-10-18(14-19)20(21)17-8-6-5-7-9-17/h3-13,18-20H,14-16H2,1-2H3. The SMILES string of the molecule is CC=COCC1(COC=CC)C2C=CC(C2)C1c1ccccc1. The Morgan fingerprint density at radius 1 is 1.00 bits per heavy atom. The van der Waals surface area contributed by atoms with Crippen molar-refractivity contribution in [1.29, 1.82) is 0 Å². The van der Waals surface area contributed by atoms with Crippen LogP contribution in [-0.2, 0) is 9.47 Å². The van der Waals surface area contributed by atoms with Gasteiger partial charge in [0.05, 0.1) is 31.2 Å². The number of rotatable bonds is 7. The van der Waals surface area contributed by atoms with Crippen LogP contribution in [0.1, 0.15) is 31.7 Å². The second-order valence-electron chi connectivity index (χ2n) is 6.57. The molecule has 0 spiro atoms. The largest absolute Gasteiger partial charge is 0.501 e. The van der Waals surface area contributed by atoms with Gasteiger partial charge < -0.3 is 9.47 Å². The maximum atomic E-state index is 5.89. The highest BCUT2D eigenvalue weighted by molar-refractivity contribution is 5.33. The smallest absolute Gasteiger partial charge is 0.0973 e. The van der Waals surface area contributed by atoms with E-state index in [1.54, 1.807) is 12.5 Å². The molecule has 0 radical (unpaired) electrons. The van der Waals surface area contributed by atoms with Gasteiger partial charge in [0.25, 0.3) is 0 Å². The molecule has 23 heavy (non-hydrogen) atoms. The average Bonchev–Trinajstić information content (AvgIpc) is 3.16. The van der Waals surface area contributed by atoms with Gasteiger partial charge >= 0.3 is 0 Å². The van der Waals surface area contributed by atoms with Crippen LogP contribution in [0.2, 0.25) is 0 Å². The molecule has 1 fully saturated rings. The van der Waals surface area contributed by atoms with Crippen molar-refractivity contribution in [3.63, 3.8) is 0 Å². The van der Waals surface area contributed by atoms with Crippen molar-refractivity contribution in [3.05, 3.63) is 72.7 Å². The lowest BCUT2D eigenvalue weighted by Gasteiger charge is -2.41. The zero-order chi connectivity index (χ0) is 16.1. The first kappa shape index (κ1) is 15.9. The first-order valence-corrected chi connectivity index (χ1v) is 8.50. The molecule has 0 amide bonds. The molecule has 2 heteroatoms. The van der Waals surface area contributed by atoms with Crippen molar-refractivity contribution in [3.8, 4) is 0 Å². The maximum absolute atomic E-state index is 5.89. The normalized spacial score (nSPS) is 32.2. The molecular formula is C21H26O2. The van der Waals surface area contributed by atoms with Crippen LogP contribution in [0.4, 0.5) is 0 Å². The van der Waals surface area contributed by atoms with E-state index in [2.05, 4.69) is 42.5 Å². The van der Waals surface area contributed by atoms with Gasteiger partial charge in [0.15, 0.2) is 0 Å². The third-order valence-corrected chi connectivity index (χ3v) is 5.23. The third-order valence-electron chi connectivity index (χ3n) is 5.23. The van der Waals surface area contributed by atoms with Gasteiger partial charge in [-0.05, 0) is 37.7 Å². The molecule has 2 bridgehead atoms. The molecule has 2 aliphatic rings. The summed E-state index contributed by atoms with van der Waals surface area (Å²) in [7, 11) is 0. The second-order valence-corrected chi connectivity index (χ2v) is 6.57. The molecule has 122 valence electrons. The molecule has 3 unspecified atom stereocenters. The van der Waals surface area contributed by atoms with Crippen LogP contribution in [0.15, 0.2) is 67.2 Å². The van der Waals surface area contributed by atoms with E-state index in [1.165, 1.54) is 12.0 Å². The molecule has 1 aromatic carbocycles. The van der Waals surface area contributed by atoms with E-state index in [-0.39, 0.29) is 5.41 Å². The predicted octanol–water partition coefficient (Wildman–Crippen LogP) is 5.06. The first-order chi connectivity index (χ1) is 11.3. The summed E-state index contributed by atoms with van der Waals surface area (Å²) in [5, 5.41) is 0. The predicted molar refractivity (Wildman–Crippen MR) is 93.9 cm³/mol. The van der Waals surface area contributed by atoms with E-state index in [9.17, 15) is 0 Å². The number of fused-ring (bicyclic) bond motifs is 2. The van der Waals surface area contributed by atoms with E-state index >= 15 is 0 Å². The third kappa shape index (κ3) is 2.95. The molecule has 3 rings (SSSR count). The molecule has 2 nitrogen and oxygen atoms in total. The Balaban J connectivity index is 1.94. The fraction of sp³-hybridized carbons (Fsp3) is 0.429. The van der Waals surface area contributed by atoms with Crippen molar-refractivity contribution in [2.24, 2.45) is 17.3 Å². The van der Waals surface area contributed by atoms with E-state index in [4.69, 9.17) is 9.47 Å². The minimum absolute atomic E-state index is 0.000208. The summed E-state index contributed by atoms with van der Waals surface area (Å²) >= 11 is 0. The monoisotopic (exact) mass is 310 g/mol. The highest BCUT2D eigenvalue weighted by Crippen LogP contribution is 2.60. The van der Waals surface area contributed by atoms with E-state index in [0.717, 1.165) is 0 Å². The Bertz CT molecular complexity index is 569. The molecule has 1 aromatic rings. The summed E-state index contributed by atoms with van der Waals surface area (Å²) in [4.78, 5) is 0. The summed E-state index contributed by atoms with van der Waals surface area (Å²) < 4.78 is 11.8. The maximum Gasteiger partial charge on any atom is 0.0973 e. The van der Waals surface area contributed by atoms with Gasteiger partial charge in [0.1, 0.15) is 0 Å². The van der Waals surface area contributed by atoms with E-state index in [1.807, 2.05) is 26.0 Å². The van der Waals surface area contributed by atoms with Gasteiger partial charge in [0.2, 0.25) is 0 Å². The number of hydrogen-bond donors (Lipinski definition) is 0. The number of allylic oxidation sites excluding steroid dienone is 4. The zero-order valence-corrected chi connectivity index (χ0v) is 14.0. The van der Waals surface area contributed by atoms with Crippen LogP contribution < -0.4 is 0 Å². The van der Waals surface area contributed by atoms with Gasteiger partial charge in [-0.15, -0.1) is 0 Å². The Hall–Kier alpha value is -1.96. The number of ether oxygens (including phenoxy) is 2. The second kappa shape index (κ2) is 7.08. The Labute approximate surface area is 139 Å². The lowest BCUT2D eigenvalue weighted by molar-refractivity contribution is 0.00461. The molecule has 0 aromatic heterocycles. The molecule has 3 atom stereocenters. The van der Waals surface area contributed by atoms with Crippen LogP contribution in [-0.4, -0.2) is 13.2 Å². The van der Waals surface area contributed by atoms with Crippen LogP contribution >= 0.6 is 0 Å². The van der Waals surface area contributed by atoms with Crippen LogP contribution in [0.3, 0.4) is 0 Å². The van der Waals surface area contributed by atoms with Gasteiger partial charge in [-0.3, -0.25) is 0 Å². The Morgan fingerprint density at radius 2 is 1.65 bits per heavy atom. The van der Waals surface area contributed by atoms with Crippen LogP contribution in [0, 0.1) is 17.3 Å². The summed E-state index contributed by atoms with van der Waals surface area (Å²) in [5.74, 6) is 1.56. The van der Waals surface area contributed by atoms with Crippen molar-refractivity contribution < 1.29 is 9.47 Å². The summed E-state index contributed by atoms with van der Waals surface area (Å²) in [5.41, 5.74) is 1.40. The van der Waals surface area contributed by atoms with Crippen molar-refractivity contribution in [2.75, 3.05) is 13.2 Å². The number of hydrogen-bond acceptors (Lipinski definition) is 2. The highest BCUT2D eigenvalue weighted by Gasteiger charge is 2.57. The van der Waals surface area contributed by atoms with Gasteiger partial charge in [-0.1, -0.05) is 54.6 Å². The summed E-state index contributed by atoms with van der Waals surface area (Å²) in [6.07, 6.45) is 13.5. The fourth-order valence-corrected chi connectivity index (χ4v) is 4.33. The lowest BCUT2D eigenvalue weighted by atomic mass is 9.66. The van der Waals surface area contributed by atoms with Gasteiger partial charge in [-0.25, -0.2) is 0 Å². The minimum atomic E-state index is -0.000208. The molecule has 2 aliphatic carbocycles. The molecule has 0 saturated heterocycles. The molecule has 0 aliphatic heterocycles. The van der Waals surface area contributed by atoms with Gasteiger partial charge in [0, 0.05) is 5.92 Å². The lowest BCUT2D eigenvalue weighted by Crippen LogP contribution is -2.41. The van der Waals surface area contributed by atoms with Gasteiger partial charge in [-0.2, -0.15) is 0 Å². The van der Waals surface area contributed by atoms with Crippen molar-refractivity contribution in [2.45, 2.75) is 26.2 Å². The average molecular weight is 310 g/mol. The van der Waals surface area contributed by atoms with Crippen molar-refractivity contribution in [1.82, 2.24) is 0 Å². The Morgan fingerprint density at radius 3 is 2.26 bits per heavy atom. The van der Waals surface area contributed by atoms with E-state index in [0.29, 0.717) is 31.0 Å². The molecular weight excluding hydrogens is 284 g/mol. The molecule has 0 N–H and O–H groups in total. The van der Waals surface area contributed by atoms with Crippen LogP contribution in [0.25, 0.3) is 0 Å². The fourth-order valence-electron chi connectivity index (χ4n) is 4.33. The highest BCUT2D eigenvalue weighted by atomic mass is 16.5. The number of benzene rings is 1. The van der Waals surface area contributed by atoms with E-state index < -0.39 is 0 Å².